The van der Waals surface area contributed by atoms with E-state index < -0.39 is 30.4 Å². The molecule has 30 heavy (non-hydrogen) atoms. The van der Waals surface area contributed by atoms with Crippen molar-refractivity contribution in [2.24, 2.45) is 0 Å². The molecule has 7 heteroatoms. The zero-order chi connectivity index (χ0) is 21.3. The van der Waals surface area contributed by atoms with Gasteiger partial charge in [0.05, 0.1) is 25.4 Å². The van der Waals surface area contributed by atoms with Gasteiger partial charge in [-0.2, -0.15) is 0 Å². The maximum absolute atomic E-state index is 14.9. The summed E-state index contributed by atoms with van der Waals surface area (Å²) in [6, 6.07) is 10.8. The Morgan fingerprint density at radius 3 is 2.40 bits per heavy atom. The Morgan fingerprint density at radius 1 is 1.03 bits per heavy atom. The van der Waals surface area contributed by atoms with Crippen molar-refractivity contribution in [1.82, 2.24) is 0 Å². The van der Waals surface area contributed by atoms with Crippen LogP contribution >= 0.6 is 0 Å². The number of rotatable bonds is 7. The third-order valence-electron chi connectivity index (χ3n) is 5.76. The van der Waals surface area contributed by atoms with Crippen molar-refractivity contribution in [2.45, 2.75) is 62.8 Å². The second-order valence-corrected chi connectivity index (χ2v) is 8.13. The minimum absolute atomic E-state index is 0.0722. The minimum Gasteiger partial charge on any atom is -0.462 e. The molecular weight excluding hydrogens is 391 g/mol. The van der Waals surface area contributed by atoms with Crippen LogP contribution in [0.15, 0.2) is 36.4 Å². The molecule has 0 bridgehead atoms. The molecular formula is C23H27FO6. The van der Waals surface area contributed by atoms with Gasteiger partial charge in [0, 0.05) is 18.4 Å². The van der Waals surface area contributed by atoms with Crippen LogP contribution in [0.1, 0.15) is 47.4 Å². The molecule has 1 aliphatic heterocycles. The highest BCUT2D eigenvalue weighted by molar-refractivity contribution is 5.42. The van der Waals surface area contributed by atoms with Crippen LogP contribution in [0.3, 0.4) is 0 Å². The highest BCUT2D eigenvalue weighted by atomic mass is 19.1. The molecule has 2 fully saturated rings. The van der Waals surface area contributed by atoms with E-state index in [0.717, 1.165) is 5.56 Å². The molecule has 0 aromatic heterocycles. The maximum atomic E-state index is 14.9. The van der Waals surface area contributed by atoms with Gasteiger partial charge in [-0.1, -0.05) is 24.3 Å². The average molecular weight is 418 g/mol. The Balaban J connectivity index is 1.60. The largest absolute Gasteiger partial charge is 0.462 e. The van der Waals surface area contributed by atoms with E-state index in [-0.39, 0.29) is 37.4 Å². The smallest absolute Gasteiger partial charge is 0.229 e. The quantitative estimate of drug-likeness (QED) is 0.549. The van der Waals surface area contributed by atoms with Crippen molar-refractivity contribution in [3.05, 3.63) is 64.5 Å². The van der Waals surface area contributed by atoms with Crippen LogP contribution < -0.4 is 4.74 Å². The zero-order valence-electron chi connectivity index (χ0n) is 16.6. The molecule has 1 saturated carbocycles. The number of hydrogen-bond donors (Lipinski definition) is 4. The van der Waals surface area contributed by atoms with Gasteiger partial charge in [-0.15, -0.1) is 0 Å². The normalized spacial score (nSPS) is 26.6. The molecule has 4 N–H and O–H groups in total. The van der Waals surface area contributed by atoms with Crippen LogP contribution in [-0.4, -0.2) is 51.6 Å². The van der Waals surface area contributed by atoms with Crippen LogP contribution in [0.2, 0.25) is 0 Å². The lowest BCUT2D eigenvalue weighted by Crippen LogP contribution is -2.51. The summed E-state index contributed by atoms with van der Waals surface area (Å²) in [5.41, 5.74) is 2.77. The van der Waals surface area contributed by atoms with Crippen molar-refractivity contribution < 1.29 is 34.3 Å². The summed E-state index contributed by atoms with van der Waals surface area (Å²) < 4.78 is 26.2. The van der Waals surface area contributed by atoms with Gasteiger partial charge in [-0.05, 0) is 47.6 Å². The summed E-state index contributed by atoms with van der Waals surface area (Å²) in [7, 11) is 0. The molecule has 6 nitrogen and oxygen atoms in total. The Morgan fingerprint density at radius 2 is 1.77 bits per heavy atom. The topological polar surface area (TPSA) is 99.4 Å². The van der Waals surface area contributed by atoms with E-state index in [2.05, 4.69) is 12.1 Å². The standard InChI is InChI=1S/C23H27FO6/c24-19-8-14(11-25)9-21(30-23-22(28)20(27)10-17(12-26)29-23)18(19)7-13-1-3-15(4-2-13)16-5-6-16/h1-4,8-9,16-17,20,22-23,25-28H,5-7,10-12H2/t17-,20-,22+,23-/m0/s1. The molecule has 1 aliphatic carbocycles. The van der Waals surface area contributed by atoms with Crippen molar-refractivity contribution in [3.8, 4) is 5.75 Å². The van der Waals surface area contributed by atoms with Gasteiger partial charge in [-0.25, -0.2) is 4.39 Å². The van der Waals surface area contributed by atoms with Crippen LogP contribution in [0.5, 0.6) is 5.75 Å². The minimum atomic E-state index is -1.35. The third kappa shape index (κ3) is 4.66. The first-order valence-electron chi connectivity index (χ1n) is 10.3. The van der Waals surface area contributed by atoms with E-state index in [9.17, 15) is 24.8 Å². The lowest BCUT2D eigenvalue weighted by Gasteiger charge is -2.36. The van der Waals surface area contributed by atoms with E-state index in [1.807, 2.05) is 12.1 Å². The fourth-order valence-corrected chi connectivity index (χ4v) is 3.82. The second kappa shape index (κ2) is 8.99. The molecule has 0 spiro atoms. The van der Waals surface area contributed by atoms with Gasteiger partial charge < -0.3 is 29.9 Å². The van der Waals surface area contributed by atoms with E-state index >= 15 is 0 Å². The van der Waals surface area contributed by atoms with E-state index in [0.29, 0.717) is 11.5 Å². The van der Waals surface area contributed by atoms with Gasteiger partial charge in [0.15, 0.2) is 0 Å². The molecule has 162 valence electrons. The monoisotopic (exact) mass is 418 g/mol. The first-order valence-corrected chi connectivity index (χ1v) is 10.3. The Kier molecular flexibility index (Phi) is 6.36. The molecule has 0 amide bonds. The lowest BCUT2D eigenvalue weighted by atomic mass is 9.99. The lowest BCUT2D eigenvalue weighted by molar-refractivity contribution is -0.240. The van der Waals surface area contributed by atoms with Gasteiger partial charge >= 0.3 is 0 Å². The molecule has 4 atom stereocenters. The number of halogens is 1. The summed E-state index contributed by atoms with van der Waals surface area (Å²) in [6.07, 6.45) is -1.70. The van der Waals surface area contributed by atoms with Crippen molar-refractivity contribution >= 4 is 0 Å². The molecule has 4 rings (SSSR count). The first kappa shape index (κ1) is 21.2. The summed E-state index contributed by atoms with van der Waals surface area (Å²) in [5, 5.41) is 39.1. The fraction of sp³-hybridized carbons (Fsp3) is 0.478. The van der Waals surface area contributed by atoms with Crippen LogP contribution in [0.25, 0.3) is 0 Å². The predicted molar refractivity (Wildman–Crippen MR) is 107 cm³/mol. The first-order chi connectivity index (χ1) is 14.5. The molecule has 1 saturated heterocycles. The Hall–Kier alpha value is -2.03. The van der Waals surface area contributed by atoms with Crippen LogP contribution in [0.4, 0.5) is 4.39 Å². The number of ether oxygens (including phenoxy) is 2. The number of benzene rings is 2. The summed E-state index contributed by atoms with van der Waals surface area (Å²) in [4.78, 5) is 0. The Bertz CT molecular complexity index is 867. The Labute approximate surface area is 174 Å². The highest BCUT2D eigenvalue weighted by Crippen LogP contribution is 2.40. The SMILES string of the molecule is OCc1cc(F)c(Cc2ccc(C3CC3)cc2)c(O[C@@H]2O[C@H](CO)C[C@H](O)[C@H]2O)c1. The summed E-state index contributed by atoms with van der Waals surface area (Å²) >= 11 is 0. The van der Waals surface area contributed by atoms with Gasteiger partial charge in [0.1, 0.15) is 17.7 Å². The second-order valence-electron chi connectivity index (χ2n) is 8.13. The van der Waals surface area contributed by atoms with E-state index in [1.54, 1.807) is 0 Å². The van der Waals surface area contributed by atoms with Gasteiger partial charge in [0.2, 0.25) is 6.29 Å². The summed E-state index contributed by atoms with van der Waals surface area (Å²) in [5.74, 6) is 0.224. The van der Waals surface area contributed by atoms with Gasteiger partial charge in [-0.3, -0.25) is 0 Å². The van der Waals surface area contributed by atoms with Crippen LogP contribution in [0, 0.1) is 5.82 Å². The number of aliphatic hydroxyl groups is 4. The van der Waals surface area contributed by atoms with Crippen LogP contribution in [-0.2, 0) is 17.8 Å². The number of aliphatic hydroxyl groups excluding tert-OH is 4. The molecule has 2 aliphatic rings. The highest BCUT2D eigenvalue weighted by Gasteiger charge is 2.38. The summed E-state index contributed by atoms with van der Waals surface area (Å²) in [6.45, 7) is -0.714. The molecule has 0 unspecified atom stereocenters. The number of hydrogen-bond acceptors (Lipinski definition) is 6. The molecule has 1 heterocycles. The van der Waals surface area contributed by atoms with Crippen molar-refractivity contribution in [1.29, 1.82) is 0 Å². The average Bonchev–Trinajstić information content (AvgIpc) is 3.59. The van der Waals surface area contributed by atoms with Crippen molar-refractivity contribution in [2.75, 3.05) is 6.61 Å². The molecule has 2 aromatic carbocycles. The van der Waals surface area contributed by atoms with E-state index in [1.165, 1.54) is 30.5 Å². The van der Waals surface area contributed by atoms with Gasteiger partial charge in [0.25, 0.3) is 0 Å². The predicted octanol–water partition coefficient (Wildman–Crippen LogP) is 1.99. The maximum Gasteiger partial charge on any atom is 0.229 e. The fourth-order valence-electron chi connectivity index (χ4n) is 3.82. The molecule has 2 aromatic rings. The van der Waals surface area contributed by atoms with E-state index in [4.69, 9.17) is 9.47 Å². The molecule has 0 radical (unpaired) electrons. The van der Waals surface area contributed by atoms with Crippen molar-refractivity contribution in [3.63, 3.8) is 0 Å². The third-order valence-corrected chi connectivity index (χ3v) is 5.76. The zero-order valence-corrected chi connectivity index (χ0v) is 16.6.